The Balaban J connectivity index is 2.58. The summed E-state index contributed by atoms with van der Waals surface area (Å²) in [5.41, 5.74) is 1.06. The molecule has 0 saturated carbocycles. The Morgan fingerprint density at radius 3 is 2.40 bits per heavy atom. The third kappa shape index (κ3) is 2.58. The van der Waals surface area contributed by atoms with E-state index in [4.69, 9.17) is 11.6 Å². The molecule has 2 aromatic rings. The fraction of sp³-hybridized carbons (Fsp3) is 0.214. The number of aryl methyl sites for hydroxylation is 1. The van der Waals surface area contributed by atoms with E-state index >= 15 is 0 Å². The molecular formula is C14H11ClF3NO. The van der Waals surface area contributed by atoms with E-state index in [0.29, 0.717) is 16.4 Å². The maximum atomic E-state index is 12.5. The number of nitrogens with zero attached hydrogens (tertiary/aromatic N) is 1. The van der Waals surface area contributed by atoms with Crippen molar-refractivity contribution in [2.45, 2.75) is 20.0 Å². The third-order valence-electron chi connectivity index (χ3n) is 3.00. The smallest absolute Gasteiger partial charge is 0.318 e. The SMILES string of the molecule is Cc1cc(C(=O)C(F)(F)F)c(C)n1-c1cccc(Cl)c1. The number of hydrogen-bond acceptors (Lipinski definition) is 1. The van der Waals surface area contributed by atoms with Crippen molar-refractivity contribution in [1.82, 2.24) is 4.57 Å². The first-order chi connectivity index (χ1) is 9.21. The molecule has 0 N–H and O–H groups in total. The van der Waals surface area contributed by atoms with E-state index in [0.717, 1.165) is 0 Å². The molecule has 0 fully saturated rings. The molecule has 0 aliphatic heterocycles. The molecule has 0 aliphatic rings. The number of benzene rings is 1. The van der Waals surface area contributed by atoms with Crippen LogP contribution in [0.25, 0.3) is 5.69 Å². The molecule has 0 saturated heterocycles. The van der Waals surface area contributed by atoms with Gasteiger partial charge in [-0.1, -0.05) is 17.7 Å². The van der Waals surface area contributed by atoms with Gasteiger partial charge in [0.1, 0.15) is 0 Å². The molecule has 106 valence electrons. The van der Waals surface area contributed by atoms with Crippen molar-refractivity contribution in [3.05, 3.63) is 52.3 Å². The zero-order chi connectivity index (χ0) is 15.1. The van der Waals surface area contributed by atoms with Gasteiger partial charge in [-0.25, -0.2) is 0 Å². The summed E-state index contributed by atoms with van der Waals surface area (Å²) in [6, 6.07) is 7.95. The number of Topliss-reactive ketones (excluding diaryl/α,β-unsaturated/α-hetero) is 1. The number of carbonyl (C=O) groups excluding carboxylic acids is 1. The normalized spacial score (nSPS) is 11.7. The van der Waals surface area contributed by atoms with Crippen molar-refractivity contribution in [2.75, 3.05) is 0 Å². The van der Waals surface area contributed by atoms with Crippen molar-refractivity contribution < 1.29 is 18.0 Å². The molecular weight excluding hydrogens is 291 g/mol. The summed E-state index contributed by atoms with van der Waals surface area (Å²) in [6.07, 6.45) is -4.88. The van der Waals surface area contributed by atoms with Gasteiger partial charge in [0.15, 0.2) is 0 Å². The van der Waals surface area contributed by atoms with Crippen LogP contribution >= 0.6 is 11.6 Å². The van der Waals surface area contributed by atoms with Crippen molar-refractivity contribution in [1.29, 1.82) is 0 Å². The topological polar surface area (TPSA) is 22.0 Å². The largest absolute Gasteiger partial charge is 0.454 e. The van der Waals surface area contributed by atoms with Crippen LogP contribution in [0.1, 0.15) is 21.7 Å². The first-order valence-electron chi connectivity index (χ1n) is 5.78. The van der Waals surface area contributed by atoms with E-state index in [1.54, 1.807) is 35.8 Å². The number of ketones is 1. The zero-order valence-electron chi connectivity index (χ0n) is 10.8. The Labute approximate surface area is 118 Å². The standard InChI is InChI=1S/C14H11ClF3NO/c1-8-6-12(13(20)14(16,17)18)9(2)19(8)11-5-3-4-10(15)7-11/h3-7H,1-2H3. The molecule has 2 rings (SSSR count). The van der Waals surface area contributed by atoms with Gasteiger partial charge in [0.05, 0.1) is 0 Å². The second-order valence-electron chi connectivity index (χ2n) is 4.43. The van der Waals surface area contributed by atoms with Crippen molar-refractivity contribution in [2.24, 2.45) is 0 Å². The third-order valence-corrected chi connectivity index (χ3v) is 3.23. The van der Waals surface area contributed by atoms with Gasteiger partial charge in [0.2, 0.25) is 0 Å². The minimum atomic E-state index is -4.88. The maximum absolute atomic E-state index is 12.5. The zero-order valence-corrected chi connectivity index (χ0v) is 11.5. The molecule has 0 unspecified atom stereocenters. The van der Waals surface area contributed by atoms with Crippen LogP contribution < -0.4 is 0 Å². The second kappa shape index (κ2) is 4.98. The first-order valence-corrected chi connectivity index (χ1v) is 6.16. The van der Waals surface area contributed by atoms with Crippen LogP contribution in [0.4, 0.5) is 13.2 Å². The number of hydrogen-bond donors (Lipinski definition) is 0. The van der Waals surface area contributed by atoms with Crippen LogP contribution in [0, 0.1) is 13.8 Å². The Kier molecular flexibility index (Phi) is 3.65. The van der Waals surface area contributed by atoms with Crippen LogP contribution in [-0.4, -0.2) is 16.5 Å². The van der Waals surface area contributed by atoms with Crippen LogP contribution in [0.3, 0.4) is 0 Å². The minimum Gasteiger partial charge on any atom is -0.318 e. The van der Waals surface area contributed by atoms with Gasteiger partial charge in [-0.05, 0) is 38.1 Å². The molecule has 0 amide bonds. The lowest BCUT2D eigenvalue weighted by Gasteiger charge is -2.10. The second-order valence-corrected chi connectivity index (χ2v) is 4.86. The Morgan fingerprint density at radius 1 is 1.20 bits per heavy atom. The Hall–Kier alpha value is -1.75. The van der Waals surface area contributed by atoms with E-state index < -0.39 is 12.0 Å². The summed E-state index contributed by atoms with van der Waals surface area (Å²) in [6.45, 7) is 3.12. The van der Waals surface area contributed by atoms with Gasteiger partial charge in [-0.3, -0.25) is 4.79 Å². The lowest BCUT2D eigenvalue weighted by molar-refractivity contribution is -0.0885. The molecule has 6 heteroatoms. The summed E-state index contributed by atoms with van der Waals surface area (Å²) in [7, 11) is 0. The molecule has 0 atom stereocenters. The first kappa shape index (κ1) is 14.7. The number of carbonyl (C=O) groups is 1. The van der Waals surface area contributed by atoms with E-state index in [1.807, 2.05) is 0 Å². The van der Waals surface area contributed by atoms with Gasteiger partial charge in [-0.2, -0.15) is 13.2 Å². The maximum Gasteiger partial charge on any atom is 0.454 e. The van der Waals surface area contributed by atoms with Gasteiger partial charge in [-0.15, -0.1) is 0 Å². The molecule has 1 aromatic heterocycles. The number of aromatic nitrogens is 1. The van der Waals surface area contributed by atoms with Crippen LogP contribution in [0.5, 0.6) is 0 Å². The average Bonchev–Trinajstić information content (AvgIpc) is 2.62. The Bertz CT molecular complexity index is 674. The van der Waals surface area contributed by atoms with Gasteiger partial charge >= 0.3 is 6.18 Å². The summed E-state index contributed by atoms with van der Waals surface area (Å²) in [4.78, 5) is 11.4. The van der Waals surface area contributed by atoms with Gasteiger partial charge in [0.25, 0.3) is 5.78 Å². The summed E-state index contributed by atoms with van der Waals surface area (Å²) in [5.74, 6) is -1.83. The predicted octanol–water partition coefficient (Wildman–Crippen LogP) is 4.49. The van der Waals surface area contributed by atoms with Crippen LogP contribution in [0.2, 0.25) is 5.02 Å². The summed E-state index contributed by atoms with van der Waals surface area (Å²) >= 11 is 5.88. The Morgan fingerprint density at radius 2 is 1.85 bits per heavy atom. The van der Waals surface area contributed by atoms with Crippen LogP contribution in [0.15, 0.2) is 30.3 Å². The van der Waals surface area contributed by atoms with Crippen molar-refractivity contribution >= 4 is 17.4 Å². The highest BCUT2D eigenvalue weighted by molar-refractivity contribution is 6.30. The van der Waals surface area contributed by atoms with E-state index in [9.17, 15) is 18.0 Å². The van der Waals surface area contributed by atoms with E-state index in [1.165, 1.54) is 13.0 Å². The highest BCUT2D eigenvalue weighted by Crippen LogP contribution is 2.28. The number of rotatable bonds is 2. The molecule has 0 bridgehead atoms. The molecule has 0 radical (unpaired) electrons. The lowest BCUT2D eigenvalue weighted by atomic mass is 10.1. The van der Waals surface area contributed by atoms with Gasteiger partial charge in [0, 0.05) is 27.7 Å². The molecule has 20 heavy (non-hydrogen) atoms. The molecule has 0 aliphatic carbocycles. The fourth-order valence-electron chi connectivity index (χ4n) is 2.16. The minimum absolute atomic E-state index is 0.243. The van der Waals surface area contributed by atoms with E-state index in [-0.39, 0.29) is 11.3 Å². The lowest BCUT2D eigenvalue weighted by Crippen LogP contribution is -2.23. The molecule has 0 spiro atoms. The molecule has 2 nitrogen and oxygen atoms in total. The number of alkyl halides is 3. The average molecular weight is 302 g/mol. The van der Waals surface area contributed by atoms with Crippen molar-refractivity contribution in [3.63, 3.8) is 0 Å². The highest BCUT2D eigenvalue weighted by Gasteiger charge is 2.41. The van der Waals surface area contributed by atoms with Crippen LogP contribution in [-0.2, 0) is 0 Å². The number of halogens is 4. The molecule has 1 heterocycles. The predicted molar refractivity (Wildman–Crippen MR) is 70.6 cm³/mol. The van der Waals surface area contributed by atoms with Gasteiger partial charge < -0.3 is 4.57 Å². The molecule has 1 aromatic carbocycles. The van der Waals surface area contributed by atoms with E-state index in [2.05, 4.69) is 0 Å². The quantitative estimate of drug-likeness (QED) is 0.749. The van der Waals surface area contributed by atoms with Crippen molar-refractivity contribution in [3.8, 4) is 5.69 Å². The highest BCUT2D eigenvalue weighted by atomic mass is 35.5. The summed E-state index contributed by atoms with van der Waals surface area (Å²) in [5, 5.41) is 0.471. The monoisotopic (exact) mass is 301 g/mol. The summed E-state index contributed by atoms with van der Waals surface area (Å²) < 4.78 is 39.2. The fourth-order valence-corrected chi connectivity index (χ4v) is 2.34.